The molecule has 3 heterocycles. The summed E-state index contributed by atoms with van der Waals surface area (Å²) < 4.78 is 16.1. The van der Waals surface area contributed by atoms with Crippen LogP contribution in [0.5, 0.6) is 17.2 Å². The van der Waals surface area contributed by atoms with Gasteiger partial charge in [-0.1, -0.05) is 0 Å². The smallest absolute Gasteiger partial charge is 0.260 e. The molecule has 0 atom stereocenters. The quantitative estimate of drug-likeness (QED) is 0.699. The van der Waals surface area contributed by atoms with E-state index in [1.54, 1.807) is 18.2 Å². The minimum absolute atomic E-state index is 0.118. The molecule has 0 fully saturated rings. The van der Waals surface area contributed by atoms with Gasteiger partial charge >= 0.3 is 0 Å². The van der Waals surface area contributed by atoms with E-state index in [-0.39, 0.29) is 23.7 Å². The fourth-order valence-corrected chi connectivity index (χ4v) is 3.97. The standard InChI is InChI=1S/C19H15N3O4S/c1-9-10(2)27-19-15(9)18(23)21-17(22-19)12(7-20)4-11-5-13(24-3)16-14(6-11)25-8-26-16/h4-6H,8H2,1-3H3,(H,21,22,23)/b12-4+. The van der Waals surface area contributed by atoms with Gasteiger partial charge in [0.15, 0.2) is 17.3 Å². The molecule has 8 heteroatoms. The van der Waals surface area contributed by atoms with Crippen molar-refractivity contribution in [3.8, 4) is 23.3 Å². The van der Waals surface area contributed by atoms with E-state index in [4.69, 9.17) is 14.2 Å². The number of methoxy groups -OCH3 is 1. The first-order valence-corrected chi connectivity index (χ1v) is 8.93. The van der Waals surface area contributed by atoms with Crippen LogP contribution in [0.2, 0.25) is 0 Å². The van der Waals surface area contributed by atoms with Crippen molar-refractivity contribution in [3.05, 3.63) is 44.3 Å². The van der Waals surface area contributed by atoms with E-state index in [0.717, 1.165) is 10.4 Å². The Balaban J connectivity index is 1.85. The Bertz CT molecular complexity index is 1200. The maximum Gasteiger partial charge on any atom is 0.260 e. The number of hydrogen-bond donors (Lipinski definition) is 1. The van der Waals surface area contributed by atoms with E-state index in [0.29, 0.717) is 33.0 Å². The largest absolute Gasteiger partial charge is 0.493 e. The third-order valence-corrected chi connectivity index (χ3v) is 5.51. The molecule has 1 aliphatic heterocycles. The van der Waals surface area contributed by atoms with Crippen molar-refractivity contribution in [1.82, 2.24) is 9.97 Å². The highest BCUT2D eigenvalue weighted by molar-refractivity contribution is 7.18. The van der Waals surface area contributed by atoms with Gasteiger partial charge in [-0.15, -0.1) is 11.3 Å². The number of nitriles is 1. The van der Waals surface area contributed by atoms with Gasteiger partial charge in [-0.05, 0) is 43.2 Å². The first-order valence-electron chi connectivity index (χ1n) is 8.11. The summed E-state index contributed by atoms with van der Waals surface area (Å²) in [6.45, 7) is 3.96. The number of aromatic nitrogens is 2. The van der Waals surface area contributed by atoms with Crippen molar-refractivity contribution >= 4 is 33.2 Å². The van der Waals surface area contributed by atoms with E-state index in [2.05, 4.69) is 16.0 Å². The van der Waals surface area contributed by atoms with Crippen LogP contribution in [0.25, 0.3) is 21.9 Å². The van der Waals surface area contributed by atoms with Gasteiger partial charge < -0.3 is 19.2 Å². The Morgan fingerprint density at radius 2 is 2.22 bits per heavy atom. The molecule has 1 aromatic carbocycles. The monoisotopic (exact) mass is 381 g/mol. The average Bonchev–Trinajstić information content (AvgIpc) is 3.23. The summed E-state index contributed by atoms with van der Waals surface area (Å²) >= 11 is 1.44. The molecular formula is C19H15N3O4S. The normalized spacial score (nSPS) is 13.0. The SMILES string of the molecule is COc1cc(/C=C(\C#N)c2nc3sc(C)c(C)c3c(=O)[nH]2)cc2c1OCO2. The van der Waals surface area contributed by atoms with Crippen molar-refractivity contribution in [1.29, 1.82) is 5.26 Å². The van der Waals surface area contributed by atoms with Gasteiger partial charge in [0.25, 0.3) is 5.56 Å². The molecule has 0 amide bonds. The fourth-order valence-electron chi connectivity index (χ4n) is 2.94. The molecule has 4 rings (SSSR count). The number of H-pyrrole nitrogens is 1. The number of nitrogens with one attached hydrogen (secondary N) is 1. The number of hydrogen-bond acceptors (Lipinski definition) is 7. The highest BCUT2D eigenvalue weighted by Gasteiger charge is 2.20. The molecule has 136 valence electrons. The number of aromatic amines is 1. The zero-order valence-electron chi connectivity index (χ0n) is 14.9. The Labute approximate surface area is 158 Å². The lowest BCUT2D eigenvalue weighted by Gasteiger charge is -2.06. The summed E-state index contributed by atoms with van der Waals surface area (Å²) in [4.78, 5) is 21.3. The highest BCUT2D eigenvalue weighted by Crippen LogP contribution is 2.42. The van der Waals surface area contributed by atoms with E-state index >= 15 is 0 Å². The lowest BCUT2D eigenvalue weighted by atomic mass is 10.1. The Morgan fingerprint density at radius 3 is 2.96 bits per heavy atom. The summed E-state index contributed by atoms with van der Waals surface area (Å²) in [5, 5.41) is 10.2. The predicted octanol–water partition coefficient (Wildman–Crippen LogP) is 3.40. The van der Waals surface area contributed by atoms with Crippen LogP contribution in [0.4, 0.5) is 0 Å². The zero-order chi connectivity index (χ0) is 19.1. The van der Waals surface area contributed by atoms with Gasteiger partial charge in [0.05, 0.1) is 18.1 Å². The zero-order valence-corrected chi connectivity index (χ0v) is 15.7. The van der Waals surface area contributed by atoms with Crippen molar-refractivity contribution in [2.45, 2.75) is 13.8 Å². The Kier molecular flexibility index (Phi) is 4.09. The van der Waals surface area contributed by atoms with E-state index in [9.17, 15) is 10.1 Å². The number of allylic oxidation sites excluding steroid dienone is 1. The van der Waals surface area contributed by atoms with E-state index in [1.165, 1.54) is 18.4 Å². The number of benzene rings is 1. The topological polar surface area (TPSA) is 97.2 Å². The molecule has 0 aliphatic carbocycles. The van der Waals surface area contributed by atoms with Crippen LogP contribution in [0.3, 0.4) is 0 Å². The second-order valence-corrected chi connectivity index (χ2v) is 7.21. The van der Waals surface area contributed by atoms with Crippen LogP contribution >= 0.6 is 11.3 Å². The number of thiophene rings is 1. The van der Waals surface area contributed by atoms with Gasteiger partial charge in [-0.3, -0.25) is 4.79 Å². The Hall–Kier alpha value is -3.31. The minimum atomic E-state index is -0.249. The van der Waals surface area contributed by atoms with Gasteiger partial charge in [0, 0.05) is 4.88 Å². The summed E-state index contributed by atoms with van der Waals surface area (Å²) in [6.07, 6.45) is 1.63. The lowest BCUT2D eigenvalue weighted by molar-refractivity contribution is 0.171. The minimum Gasteiger partial charge on any atom is -0.493 e. The molecule has 0 radical (unpaired) electrons. The maximum absolute atomic E-state index is 12.5. The number of rotatable bonds is 3. The lowest BCUT2D eigenvalue weighted by Crippen LogP contribution is -2.10. The van der Waals surface area contributed by atoms with Gasteiger partial charge in [-0.2, -0.15) is 5.26 Å². The molecule has 2 aromatic heterocycles. The van der Waals surface area contributed by atoms with Crippen LogP contribution in [0.15, 0.2) is 16.9 Å². The molecule has 0 spiro atoms. The highest BCUT2D eigenvalue weighted by atomic mass is 32.1. The second-order valence-electron chi connectivity index (χ2n) is 6.00. The molecule has 0 saturated heterocycles. The third-order valence-electron chi connectivity index (χ3n) is 4.41. The van der Waals surface area contributed by atoms with Crippen molar-refractivity contribution in [2.24, 2.45) is 0 Å². The summed E-state index contributed by atoms with van der Waals surface area (Å²) in [6, 6.07) is 5.59. The molecule has 27 heavy (non-hydrogen) atoms. The van der Waals surface area contributed by atoms with Gasteiger partial charge in [-0.25, -0.2) is 4.98 Å². The van der Waals surface area contributed by atoms with Crippen molar-refractivity contribution < 1.29 is 14.2 Å². The molecular weight excluding hydrogens is 366 g/mol. The van der Waals surface area contributed by atoms with Crippen LogP contribution in [0, 0.1) is 25.2 Å². The third kappa shape index (κ3) is 2.82. The van der Waals surface area contributed by atoms with Crippen molar-refractivity contribution in [3.63, 3.8) is 0 Å². The van der Waals surface area contributed by atoms with Gasteiger partial charge in [0.1, 0.15) is 10.9 Å². The van der Waals surface area contributed by atoms with Crippen LogP contribution < -0.4 is 19.8 Å². The first kappa shape index (κ1) is 17.1. The number of ether oxygens (including phenoxy) is 3. The fraction of sp³-hybridized carbons (Fsp3) is 0.211. The van der Waals surface area contributed by atoms with Crippen molar-refractivity contribution in [2.75, 3.05) is 13.9 Å². The molecule has 1 aliphatic rings. The average molecular weight is 381 g/mol. The van der Waals surface area contributed by atoms with Gasteiger partial charge in [0.2, 0.25) is 12.5 Å². The number of fused-ring (bicyclic) bond motifs is 2. The Morgan fingerprint density at radius 1 is 1.41 bits per heavy atom. The number of aryl methyl sites for hydroxylation is 2. The maximum atomic E-state index is 12.5. The summed E-state index contributed by atoms with van der Waals surface area (Å²) in [5.74, 6) is 1.81. The molecule has 0 unspecified atom stereocenters. The van der Waals surface area contributed by atoms with Crippen LogP contribution in [-0.2, 0) is 0 Å². The summed E-state index contributed by atoms with van der Waals surface area (Å²) in [5.41, 5.74) is 1.58. The molecule has 3 aromatic rings. The van der Waals surface area contributed by atoms with Crippen LogP contribution in [-0.4, -0.2) is 23.9 Å². The first-order chi connectivity index (χ1) is 13.0. The molecule has 0 bridgehead atoms. The number of nitrogens with zero attached hydrogens (tertiary/aromatic N) is 2. The van der Waals surface area contributed by atoms with E-state index < -0.39 is 0 Å². The molecule has 0 saturated carbocycles. The van der Waals surface area contributed by atoms with Crippen LogP contribution in [0.1, 0.15) is 21.8 Å². The predicted molar refractivity (Wildman–Crippen MR) is 102 cm³/mol. The summed E-state index contributed by atoms with van der Waals surface area (Å²) in [7, 11) is 1.53. The van der Waals surface area contributed by atoms with E-state index in [1.807, 2.05) is 13.8 Å². The molecule has 7 nitrogen and oxygen atoms in total. The molecule has 1 N–H and O–H groups in total. The second kappa shape index (κ2) is 6.45.